The molecule has 0 aromatic carbocycles. The van der Waals surface area contributed by atoms with Gasteiger partial charge in [0, 0.05) is 12.6 Å². The van der Waals surface area contributed by atoms with Gasteiger partial charge in [-0.2, -0.15) is 0 Å². The second-order valence-corrected chi connectivity index (χ2v) is 5.58. The second kappa shape index (κ2) is 8.08. The molecule has 0 aromatic heterocycles. The van der Waals surface area contributed by atoms with Gasteiger partial charge in [0.1, 0.15) is 0 Å². The van der Waals surface area contributed by atoms with Gasteiger partial charge >= 0.3 is 0 Å². The van der Waals surface area contributed by atoms with Gasteiger partial charge in [0.05, 0.1) is 0 Å². The zero-order valence-electron chi connectivity index (χ0n) is 11.5. The van der Waals surface area contributed by atoms with Crippen molar-refractivity contribution in [3.8, 4) is 0 Å². The van der Waals surface area contributed by atoms with Crippen molar-refractivity contribution in [2.24, 2.45) is 5.92 Å². The average Bonchev–Trinajstić information content (AvgIpc) is 2.27. The second-order valence-electron chi connectivity index (χ2n) is 5.58. The molecular weight excluding hydrogens is 196 g/mol. The van der Waals surface area contributed by atoms with Crippen molar-refractivity contribution in [3.05, 3.63) is 0 Å². The molecule has 0 amide bonds. The minimum Gasteiger partial charge on any atom is -0.314 e. The molecule has 0 radical (unpaired) electrons. The molecule has 1 fully saturated rings. The Morgan fingerprint density at radius 3 is 2.81 bits per heavy atom. The van der Waals surface area contributed by atoms with Gasteiger partial charge in [-0.15, -0.1) is 0 Å². The zero-order valence-corrected chi connectivity index (χ0v) is 11.5. The van der Waals surface area contributed by atoms with Gasteiger partial charge in [0.25, 0.3) is 0 Å². The molecule has 0 bridgehead atoms. The van der Waals surface area contributed by atoms with E-state index in [1.54, 1.807) is 0 Å². The Kier molecular flexibility index (Phi) is 7.06. The molecule has 2 heteroatoms. The quantitative estimate of drug-likeness (QED) is 0.672. The van der Waals surface area contributed by atoms with E-state index < -0.39 is 0 Å². The van der Waals surface area contributed by atoms with E-state index in [0.29, 0.717) is 6.04 Å². The first-order valence-corrected chi connectivity index (χ1v) is 7.18. The van der Waals surface area contributed by atoms with Crippen LogP contribution in [-0.4, -0.2) is 37.1 Å². The molecule has 1 aliphatic rings. The Labute approximate surface area is 102 Å². The predicted molar refractivity (Wildman–Crippen MR) is 71.8 cm³/mol. The van der Waals surface area contributed by atoms with Crippen LogP contribution in [0.1, 0.15) is 52.9 Å². The fourth-order valence-electron chi connectivity index (χ4n) is 2.51. The minimum atomic E-state index is 0.635. The first-order chi connectivity index (χ1) is 7.72. The Balaban J connectivity index is 2.14. The number of likely N-dealkylation sites (tertiary alicyclic amines) is 1. The van der Waals surface area contributed by atoms with Gasteiger partial charge in [0.15, 0.2) is 0 Å². The summed E-state index contributed by atoms with van der Waals surface area (Å²) < 4.78 is 0. The fourth-order valence-corrected chi connectivity index (χ4v) is 2.51. The van der Waals surface area contributed by atoms with Crippen molar-refractivity contribution in [1.29, 1.82) is 0 Å². The highest BCUT2D eigenvalue weighted by Gasteiger charge is 2.19. The van der Waals surface area contributed by atoms with Crippen molar-refractivity contribution in [2.45, 2.75) is 58.9 Å². The molecule has 96 valence electrons. The maximum absolute atomic E-state index is 3.58. The molecule has 1 N–H and O–H groups in total. The molecule has 2 nitrogen and oxygen atoms in total. The fraction of sp³-hybridized carbons (Fsp3) is 1.00. The van der Waals surface area contributed by atoms with Crippen molar-refractivity contribution >= 4 is 0 Å². The predicted octanol–water partition coefficient (Wildman–Crippen LogP) is 2.89. The van der Waals surface area contributed by atoms with Crippen LogP contribution < -0.4 is 5.32 Å². The molecule has 1 heterocycles. The van der Waals surface area contributed by atoms with E-state index >= 15 is 0 Å². The molecule has 0 saturated carbocycles. The highest BCUT2D eigenvalue weighted by Crippen LogP contribution is 2.16. The van der Waals surface area contributed by atoms with Crippen LogP contribution >= 0.6 is 0 Å². The van der Waals surface area contributed by atoms with Gasteiger partial charge in [0.2, 0.25) is 0 Å². The van der Waals surface area contributed by atoms with Gasteiger partial charge in [-0.05, 0) is 44.8 Å². The third-order valence-electron chi connectivity index (χ3n) is 3.50. The number of rotatable bonds is 7. The lowest BCUT2D eigenvalue weighted by atomic mass is 9.97. The summed E-state index contributed by atoms with van der Waals surface area (Å²) in [6.07, 6.45) is 6.94. The summed E-state index contributed by atoms with van der Waals surface area (Å²) >= 11 is 0. The molecule has 1 rings (SSSR count). The van der Waals surface area contributed by atoms with E-state index in [-0.39, 0.29) is 0 Å². The molecule has 0 aliphatic carbocycles. The van der Waals surface area contributed by atoms with Crippen LogP contribution in [0.3, 0.4) is 0 Å². The molecule has 1 atom stereocenters. The Bertz CT molecular complexity index is 168. The van der Waals surface area contributed by atoms with Gasteiger partial charge in [-0.25, -0.2) is 0 Å². The van der Waals surface area contributed by atoms with Gasteiger partial charge < -0.3 is 10.2 Å². The monoisotopic (exact) mass is 226 g/mol. The summed E-state index contributed by atoms with van der Waals surface area (Å²) in [6, 6.07) is 0.635. The first-order valence-electron chi connectivity index (χ1n) is 7.18. The number of hydrogen-bond acceptors (Lipinski definition) is 2. The summed E-state index contributed by atoms with van der Waals surface area (Å²) in [6.45, 7) is 12.0. The first kappa shape index (κ1) is 14.0. The summed E-state index contributed by atoms with van der Waals surface area (Å²) in [5.41, 5.74) is 0. The molecule has 1 saturated heterocycles. The Morgan fingerprint density at radius 1 is 1.31 bits per heavy atom. The lowest BCUT2D eigenvalue weighted by molar-refractivity contribution is 0.168. The van der Waals surface area contributed by atoms with Crippen LogP contribution in [0.25, 0.3) is 0 Å². The number of hydrogen-bond donors (Lipinski definition) is 1. The lowest BCUT2D eigenvalue weighted by Crippen LogP contribution is -2.41. The Hall–Kier alpha value is -0.0800. The van der Waals surface area contributed by atoms with Crippen LogP contribution in [0.15, 0.2) is 0 Å². The molecular formula is C14H30N2. The van der Waals surface area contributed by atoms with Crippen molar-refractivity contribution in [2.75, 3.05) is 26.2 Å². The van der Waals surface area contributed by atoms with E-state index in [4.69, 9.17) is 0 Å². The maximum Gasteiger partial charge on any atom is 0.00218 e. The highest BCUT2D eigenvalue weighted by atomic mass is 15.1. The van der Waals surface area contributed by atoms with Crippen LogP contribution in [0.4, 0.5) is 0 Å². The standard InChI is InChI=1S/C14H30N2/c1-4-5-6-9-16-10-7-8-14(12-16)11-15-13(2)3/h13-15H,4-12H2,1-3H3. The average molecular weight is 226 g/mol. The van der Waals surface area contributed by atoms with Crippen molar-refractivity contribution in [3.63, 3.8) is 0 Å². The van der Waals surface area contributed by atoms with Crippen molar-refractivity contribution in [1.82, 2.24) is 10.2 Å². The maximum atomic E-state index is 3.58. The normalized spacial score (nSPS) is 22.9. The molecule has 1 aliphatic heterocycles. The smallest absolute Gasteiger partial charge is 0.00218 e. The van der Waals surface area contributed by atoms with E-state index in [0.717, 1.165) is 5.92 Å². The van der Waals surface area contributed by atoms with Gasteiger partial charge in [-0.3, -0.25) is 0 Å². The Morgan fingerprint density at radius 2 is 2.12 bits per heavy atom. The topological polar surface area (TPSA) is 15.3 Å². The lowest BCUT2D eigenvalue weighted by Gasteiger charge is -2.33. The van der Waals surface area contributed by atoms with E-state index in [9.17, 15) is 0 Å². The molecule has 1 unspecified atom stereocenters. The number of piperidine rings is 1. The van der Waals surface area contributed by atoms with Crippen LogP contribution in [0.5, 0.6) is 0 Å². The number of unbranched alkanes of at least 4 members (excludes halogenated alkanes) is 2. The third kappa shape index (κ3) is 5.86. The summed E-state index contributed by atoms with van der Waals surface area (Å²) in [4.78, 5) is 2.67. The third-order valence-corrected chi connectivity index (χ3v) is 3.50. The SMILES string of the molecule is CCCCCN1CCCC(CNC(C)C)C1. The minimum absolute atomic E-state index is 0.635. The van der Waals surface area contributed by atoms with Crippen molar-refractivity contribution < 1.29 is 0 Å². The highest BCUT2D eigenvalue weighted by molar-refractivity contribution is 4.75. The molecule has 0 spiro atoms. The van der Waals surface area contributed by atoms with E-state index in [2.05, 4.69) is 31.0 Å². The molecule has 0 aromatic rings. The number of nitrogens with zero attached hydrogens (tertiary/aromatic N) is 1. The largest absolute Gasteiger partial charge is 0.314 e. The summed E-state index contributed by atoms with van der Waals surface area (Å²) in [7, 11) is 0. The van der Waals surface area contributed by atoms with E-state index in [1.165, 1.54) is 58.3 Å². The number of nitrogens with one attached hydrogen (secondary N) is 1. The van der Waals surface area contributed by atoms with Crippen LogP contribution in [-0.2, 0) is 0 Å². The zero-order chi connectivity index (χ0) is 11.8. The van der Waals surface area contributed by atoms with Gasteiger partial charge in [-0.1, -0.05) is 33.6 Å². The summed E-state index contributed by atoms with van der Waals surface area (Å²) in [5, 5.41) is 3.58. The molecule has 16 heavy (non-hydrogen) atoms. The summed E-state index contributed by atoms with van der Waals surface area (Å²) in [5.74, 6) is 0.887. The van der Waals surface area contributed by atoms with Crippen LogP contribution in [0, 0.1) is 5.92 Å². The van der Waals surface area contributed by atoms with Crippen LogP contribution in [0.2, 0.25) is 0 Å². The van der Waals surface area contributed by atoms with E-state index in [1.807, 2.05) is 0 Å².